The second kappa shape index (κ2) is 9.07. The van der Waals surface area contributed by atoms with Crippen molar-refractivity contribution in [3.8, 4) is 0 Å². The summed E-state index contributed by atoms with van der Waals surface area (Å²) in [7, 11) is -8.33. The van der Waals surface area contributed by atoms with E-state index in [-0.39, 0.29) is 23.3 Å². The molecule has 1 aliphatic rings. The molecule has 22 heavy (non-hydrogen) atoms. The van der Waals surface area contributed by atoms with E-state index in [0.29, 0.717) is 23.0 Å². The van der Waals surface area contributed by atoms with Crippen LogP contribution in [0.1, 0.15) is 12.8 Å². The molecule has 1 heterocycles. The van der Waals surface area contributed by atoms with Crippen molar-refractivity contribution in [2.75, 3.05) is 23.0 Å². The van der Waals surface area contributed by atoms with E-state index in [4.69, 9.17) is 0 Å². The highest BCUT2D eigenvalue weighted by Crippen LogP contribution is 2.38. The van der Waals surface area contributed by atoms with Crippen LogP contribution in [0.3, 0.4) is 0 Å². The summed E-state index contributed by atoms with van der Waals surface area (Å²) in [6.45, 7) is 0. The van der Waals surface area contributed by atoms with Crippen molar-refractivity contribution in [3.63, 3.8) is 0 Å². The van der Waals surface area contributed by atoms with Crippen molar-refractivity contribution in [3.05, 3.63) is 0 Å². The van der Waals surface area contributed by atoms with Crippen molar-refractivity contribution >= 4 is 69.0 Å². The van der Waals surface area contributed by atoms with Gasteiger partial charge in [-0.05, 0) is 24.3 Å². The first-order valence-electron chi connectivity index (χ1n) is 6.48. The van der Waals surface area contributed by atoms with Gasteiger partial charge in [-0.2, -0.15) is 65.6 Å². The van der Waals surface area contributed by atoms with Crippen LogP contribution in [0.5, 0.6) is 0 Å². The lowest BCUT2D eigenvalue weighted by Crippen LogP contribution is -2.42. The molecule has 132 valence electrons. The Morgan fingerprint density at radius 1 is 0.864 bits per heavy atom. The van der Waals surface area contributed by atoms with Gasteiger partial charge in [-0.25, -0.2) is 0 Å². The van der Waals surface area contributed by atoms with Gasteiger partial charge in [0.05, 0.1) is 10.5 Å². The molecule has 0 aromatic carbocycles. The molecule has 1 aliphatic heterocycles. The van der Waals surface area contributed by atoms with E-state index >= 15 is 0 Å². The van der Waals surface area contributed by atoms with E-state index < -0.39 is 30.7 Å². The molecule has 0 aromatic rings. The predicted octanol–water partition coefficient (Wildman–Crippen LogP) is 1.36. The summed E-state index contributed by atoms with van der Waals surface area (Å²) < 4.78 is 64.4. The van der Waals surface area contributed by atoms with Crippen LogP contribution in [0.2, 0.25) is 0 Å². The smallest absolute Gasteiger partial charge is 0.268 e. The molecule has 0 spiro atoms. The largest absolute Gasteiger partial charge is 0.285 e. The Morgan fingerprint density at radius 2 is 1.18 bits per heavy atom. The molecule has 12 heteroatoms. The van der Waals surface area contributed by atoms with Gasteiger partial charge in [0.15, 0.2) is 0 Å². The first kappa shape index (κ1) is 21.3. The van der Waals surface area contributed by atoms with Gasteiger partial charge in [-0.15, -0.1) is 0 Å². The molecule has 6 nitrogen and oxygen atoms in total. The van der Waals surface area contributed by atoms with Gasteiger partial charge in [0.2, 0.25) is 0 Å². The molecular weight excluding hydrogens is 409 g/mol. The van der Waals surface area contributed by atoms with Gasteiger partial charge in [-0.3, -0.25) is 9.11 Å². The molecule has 2 N–H and O–H groups in total. The summed E-state index contributed by atoms with van der Waals surface area (Å²) in [6, 6.07) is 0. The second-order valence-electron chi connectivity index (χ2n) is 4.87. The van der Waals surface area contributed by atoms with E-state index in [1.54, 1.807) is 0 Å². The summed E-state index contributed by atoms with van der Waals surface area (Å²) in [5, 5.41) is -2.45. The third kappa shape index (κ3) is 6.26. The van der Waals surface area contributed by atoms with E-state index in [2.05, 4.69) is 25.3 Å². The van der Waals surface area contributed by atoms with Gasteiger partial charge in [0.25, 0.3) is 20.2 Å². The molecular formula is C10H20O6S6. The number of thiol groups is 2. The minimum absolute atomic E-state index is 0.239. The van der Waals surface area contributed by atoms with Crippen molar-refractivity contribution in [1.29, 1.82) is 0 Å². The summed E-state index contributed by atoms with van der Waals surface area (Å²) in [4.78, 5) is 0. The van der Waals surface area contributed by atoms with Gasteiger partial charge in [0, 0.05) is 22.0 Å². The van der Waals surface area contributed by atoms with Crippen molar-refractivity contribution in [2.24, 2.45) is 0 Å². The maximum Gasteiger partial charge on any atom is 0.268 e. The average molecular weight is 429 g/mol. The van der Waals surface area contributed by atoms with Crippen molar-refractivity contribution < 1.29 is 25.9 Å². The number of rotatable bonds is 8. The Balaban J connectivity index is 2.76. The normalized spacial score (nSPS) is 26.5. The molecule has 4 atom stereocenters. The Labute approximate surface area is 151 Å². The van der Waals surface area contributed by atoms with Crippen LogP contribution in [0.25, 0.3) is 0 Å². The summed E-state index contributed by atoms with van der Waals surface area (Å²) >= 11 is 10.7. The minimum Gasteiger partial charge on any atom is -0.285 e. The fraction of sp³-hybridized carbons (Fsp3) is 1.00. The Morgan fingerprint density at radius 3 is 1.36 bits per heavy atom. The van der Waals surface area contributed by atoms with Crippen LogP contribution in [0, 0.1) is 0 Å². The Kier molecular flexibility index (Phi) is 8.76. The highest BCUT2D eigenvalue weighted by Gasteiger charge is 2.40. The number of hydrogen-bond donors (Lipinski definition) is 4. The molecule has 4 unspecified atom stereocenters. The lowest BCUT2D eigenvalue weighted by Gasteiger charge is -2.34. The third-order valence-corrected chi connectivity index (χ3v) is 10.3. The van der Waals surface area contributed by atoms with Gasteiger partial charge >= 0.3 is 0 Å². The monoisotopic (exact) mass is 428 g/mol. The average Bonchev–Trinajstić information content (AvgIpc) is 2.40. The van der Waals surface area contributed by atoms with Crippen molar-refractivity contribution in [2.45, 2.75) is 33.8 Å². The van der Waals surface area contributed by atoms with E-state index in [0.717, 1.165) is 0 Å². The molecule has 0 amide bonds. The topological polar surface area (TPSA) is 109 Å². The van der Waals surface area contributed by atoms with Crippen LogP contribution in [-0.2, 0) is 20.2 Å². The lowest BCUT2D eigenvalue weighted by molar-refractivity contribution is 0.459. The van der Waals surface area contributed by atoms with E-state index in [1.807, 2.05) is 0 Å². The summed E-state index contributed by atoms with van der Waals surface area (Å²) in [5.74, 6) is 1.46. The molecule has 1 saturated heterocycles. The fourth-order valence-electron chi connectivity index (χ4n) is 2.27. The Bertz CT molecular complexity index is 488. The van der Waals surface area contributed by atoms with E-state index in [1.165, 1.54) is 23.5 Å². The second-order valence-corrected chi connectivity index (χ2v) is 11.6. The maximum absolute atomic E-state index is 11.5. The SMILES string of the molecule is O=S(=O)(O)C(CCS)C1CSC(C(CCS)S(=O)(=O)O)CS1. The first-order valence-corrected chi connectivity index (χ1v) is 12.9. The highest BCUT2D eigenvalue weighted by molar-refractivity contribution is 8.08. The zero-order valence-electron chi connectivity index (χ0n) is 11.6. The minimum atomic E-state index is -4.17. The molecule has 1 rings (SSSR count). The molecule has 0 radical (unpaired) electrons. The van der Waals surface area contributed by atoms with Gasteiger partial charge in [0.1, 0.15) is 0 Å². The number of thioether (sulfide) groups is 2. The highest BCUT2D eigenvalue weighted by atomic mass is 32.2. The van der Waals surface area contributed by atoms with Crippen LogP contribution in [0.15, 0.2) is 0 Å². The van der Waals surface area contributed by atoms with Gasteiger partial charge in [-0.1, -0.05) is 0 Å². The van der Waals surface area contributed by atoms with Crippen LogP contribution < -0.4 is 0 Å². The molecule has 1 fully saturated rings. The maximum atomic E-state index is 11.5. The zero-order chi connectivity index (χ0) is 17.0. The standard InChI is InChI=1S/C10H20O6S6/c11-21(12,13)9(1-3-17)7-5-20-8(6-19-7)10(2-4-18)22(14,15)16/h7-10,17-18H,1-6H2,(H,11,12,13)(H,14,15,16). The molecule has 0 aliphatic carbocycles. The molecule has 0 saturated carbocycles. The van der Waals surface area contributed by atoms with Crippen LogP contribution in [-0.4, -0.2) is 70.0 Å². The first-order chi connectivity index (χ1) is 10.1. The molecule has 0 aromatic heterocycles. The molecule has 0 bridgehead atoms. The third-order valence-electron chi connectivity index (χ3n) is 3.37. The van der Waals surface area contributed by atoms with E-state index in [9.17, 15) is 25.9 Å². The predicted molar refractivity (Wildman–Crippen MR) is 100 cm³/mol. The summed E-state index contributed by atoms with van der Waals surface area (Å²) in [5.41, 5.74) is 0. The number of hydrogen-bond acceptors (Lipinski definition) is 8. The lowest BCUT2D eigenvalue weighted by atomic mass is 10.2. The fourth-order valence-corrected chi connectivity index (χ4v) is 9.81. The van der Waals surface area contributed by atoms with Crippen molar-refractivity contribution in [1.82, 2.24) is 0 Å². The van der Waals surface area contributed by atoms with Gasteiger partial charge < -0.3 is 0 Å². The quantitative estimate of drug-likeness (QED) is 0.339. The Hall–Kier alpha value is 1.22. The van der Waals surface area contributed by atoms with Crippen LogP contribution in [0.4, 0.5) is 0 Å². The summed E-state index contributed by atoms with van der Waals surface area (Å²) in [6.07, 6.45) is 0.479. The van der Waals surface area contributed by atoms with Crippen LogP contribution >= 0.6 is 48.8 Å². The zero-order valence-corrected chi connectivity index (χ0v) is 16.7.